The van der Waals surface area contributed by atoms with E-state index in [1.54, 1.807) is 24.3 Å². The normalized spacial score (nSPS) is 11.3. The Morgan fingerprint density at radius 1 is 1.07 bits per heavy atom. The first-order chi connectivity index (χ1) is 13.1. The van der Waals surface area contributed by atoms with Crippen LogP contribution in [-0.4, -0.2) is 34.0 Å². The fourth-order valence-corrected chi connectivity index (χ4v) is 2.93. The number of nitrogens with one attached hydrogen (secondary N) is 1. The third kappa shape index (κ3) is 4.16. The van der Waals surface area contributed by atoms with E-state index in [0.717, 1.165) is 30.3 Å². The highest BCUT2D eigenvalue weighted by Gasteiger charge is 2.13. The van der Waals surface area contributed by atoms with Crippen molar-refractivity contribution in [1.82, 2.24) is 9.88 Å². The van der Waals surface area contributed by atoms with Crippen LogP contribution in [0.4, 0.5) is 11.4 Å². The van der Waals surface area contributed by atoms with Crippen molar-refractivity contribution in [3.8, 4) is 5.88 Å². The lowest BCUT2D eigenvalue weighted by atomic mass is 10.1. The summed E-state index contributed by atoms with van der Waals surface area (Å²) in [4.78, 5) is 17.3. The van der Waals surface area contributed by atoms with Gasteiger partial charge in [0.1, 0.15) is 0 Å². The van der Waals surface area contributed by atoms with Crippen LogP contribution in [0.3, 0.4) is 0 Å². The molecule has 2 N–H and O–H groups in total. The molecule has 0 saturated carbocycles. The van der Waals surface area contributed by atoms with E-state index in [-0.39, 0.29) is 11.8 Å². The van der Waals surface area contributed by atoms with Gasteiger partial charge in [0.25, 0.3) is 5.91 Å². The zero-order valence-corrected chi connectivity index (χ0v) is 15.6. The van der Waals surface area contributed by atoms with Gasteiger partial charge in [0.05, 0.1) is 11.2 Å². The number of aromatic hydroxyl groups is 1. The summed E-state index contributed by atoms with van der Waals surface area (Å²) in [7, 11) is 0. The molecule has 0 unspecified atom stereocenters. The topological polar surface area (TPSA) is 81.1 Å². The number of fused-ring (bicyclic) bond motifs is 1. The predicted octanol–water partition coefficient (Wildman–Crippen LogP) is 5.55. The minimum atomic E-state index is -0.0127. The van der Waals surface area contributed by atoms with E-state index in [1.807, 2.05) is 36.1 Å². The molecule has 0 spiro atoms. The molecule has 3 rings (SSSR count). The first-order valence-corrected chi connectivity index (χ1v) is 9.24. The van der Waals surface area contributed by atoms with Crippen molar-refractivity contribution in [3.63, 3.8) is 0 Å². The second-order valence-corrected chi connectivity index (χ2v) is 6.35. The average Bonchev–Trinajstić information content (AvgIpc) is 3.02. The molecule has 0 aliphatic rings. The lowest BCUT2D eigenvalue weighted by molar-refractivity contribution is 0.0762. The molecular formula is C21H24N4O2. The van der Waals surface area contributed by atoms with Crippen LogP contribution in [0.1, 0.15) is 37.0 Å². The third-order valence-corrected chi connectivity index (χ3v) is 4.49. The lowest BCUT2D eigenvalue weighted by Crippen LogP contribution is -2.31. The number of hydrogen-bond acceptors (Lipinski definition) is 4. The van der Waals surface area contributed by atoms with Crippen molar-refractivity contribution in [2.24, 2.45) is 10.2 Å². The first-order valence-electron chi connectivity index (χ1n) is 9.24. The molecule has 0 radical (unpaired) electrons. The Bertz CT molecular complexity index is 944. The number of para-hydroxylation sites is 1. The summed E-state index contributed by atoms with van der Waals surface area (Å²) in [5, 5.41) is 19.2. The molecular weight excluding hydrogens is 340 g/mol. The van der Waals surface area contributed by atoms with Gasteiger partial charge in [-0.2, -0.15) is 5.11 Å². The largest absolute Gasteiger partial charge is 0.493 e. The van der Waals surface area contributed by atoms with Crippen LogP contribution in [0.5, 0.6) is 5.88 Å². The smallest absolute Gasteiger partial charge is 0.253 e. The van der Waals surface area contributed by atoms with Crippen LogP contribution in [0.25, 0.3) is 10.9 Å². The summed E-state index contributed by atoms with van der Waals surface area (Å²) in [6.45, 7) is 5.57. The SMILES string of the molecule is CCCCN(CC)C(=O)c1ccc(N=Nc2c(O)[nH]c3ccccc23)cc1. The number of nitrogens with zero attached hydrogens (tertiary/aromatic N) is 3. The van der Waals surface area contributed by atoms with Gasteiger partial charge in [-0.15, -0.1) is 5.11 Å². The summed E-state index contributed by atoms with van der Waals surface area (Å²) in [6, 6.07) is 14.6. The van der Waals surface area contributed by atoms with E-state index < -0.39 is 0 Å². The molecule has 140 valence electrons. The van der Waals surface area contributed by atoms with Crippen molar-refractivity contribution in [1.29, 1.82) is 0 Å². The Labute approximate surface area is 158 Å². The summed E-state index contributed by atoms with van der Waals surface area (Å²) in [5.74, 6) is 0.0185. The van der Waals surface area contributed by atoms with Gasteiger partial charge < -0.3 is 15.0 Å². The van der Waals surface area contributed by atoms with Gasteiger partial charge in [0, 0.05) is 24.0 Å². The van der Waals surface area contributed by atoms with Gasteiger partial charge >= 0.3 is 0 Å². The van der Waals surface area contributed by atoms with E-state index in [4.69, 9.17) is 0 Å². The molecule has 1 aromatic heterocycles. The van der Waals surface area contributed by atoms with Crippen LogP contribution < -0.4 is 0 Å². The number of hydrogen-bond donors (Lipinski definition) is 2. The van der Waals surface area contributed by atoms with E-state index >= 15 is 0 Å². The molecule has 0 fully saturated rings. The average molecular weight is 364 g/mol. The highest BCUT2D eigenvalue weighted by molar-refractivity contribution is 5.95. The van der Waals surface area contributed by atoms with Gasteiger partial charge in [0.15, 0.2) is 5.69 Å². The number of azo groups is 1. The monoisotopic (exact) mass is 364 g/mol. The van der Waals surface area contributed by atoms with Crippen molar-refractivity contribution in [2.75, 3.05) is 13.1 Å². The maximum absolute atomic E-state index is 12.6. The van der Waals surface area contributed by atoms with E-state index in [2.05, 4.69) is 22.1 Å². The zero-order valence-electron chi connectivity index (χ0n) is 15.6. The quantitative estimate of drug-likeness (QED) is 0.539. The number of rotatable bonds is 7. The molecule has 2 aromatic carbocycles. The van der Waals surface area contributed by atoms with E-state index in [0.29, 0.717) is 23.5 Å². The maximum atomic E-state index is 12.6. The summed E-state index contributed by atoms with van der Waals surface area (Å²) in [5.41, 5.74) is 2.47. The molecule has 27 heavy (non-hydrogen) atoms. The Morgan fingerprint density at radius 3 is 2.52 bits per heavy atom. The molecule has 0 aliphatic carbocycles. The number of carbonyl (C=O) groups is 1. The molecule has 3 aromatic rings. The highest BCUT2D eigenvalue weighted by Crippen LogP contribution is 2.36. The van der Waals surface area contributed by atoms with E-state index in [1.165, 1.54) is 0 Å². The van der Waals surface area contributed by atoms with E-state index in [9.17, 15) is 9.90 Å². The van der Waals surface area contributed by atoms with Crippen LogP contribution >= 0.6 is 0 Å². The molecule has 0 bridgehead atoms. The van der Waals surface area contributed by atoms with Crippen LogP contribution in [0.15, 0.2) is 58.8 Å². The fourth-order valence-electron chi connectivity index (χ4n) is 2.93. The minimum Gasteiger partial charge on any atom is -0.493 e. The molecule has 6 heteroatoms. The van der Waals surface area contributed by atoms with Gasteiger partial charge in [0.2, 0.25) is 5.88 Å². The number of unbranched alkanes of at least 4 members (excludes halogenated alkanes) is 1. The Hall–Kier alpha value is -3.15. The standard InChI is InChI=1S/C21H24N4O2/c1-3-5-14-25(4-2)21(27)15-10-12-16(13-11-15)23-24-19-17-8-6-7-9-18(17)22-20(19)26/h6-13,22,26H,3-5,14H2,1-2H3. The van der Waals surface area contributed by atoms with Crippen molar-refractivity contribution in [2.45, 2.75) is 26.7 Å². The van der Waals surface area contributed by atoms with Crippen molar-refractivity contribution in [3.05, 3.63) is 54.1 Å². The molecule has 6 nitrogen and oxygen atoms in total. The van der Waals surface area contributed by atoms with Crippen molar-refractivity contribution < 1.29 is 9.90 Å². The fraction of sp³-hybridized carbons (Fsp3) is 0.286. The number of amides is 1. The number of benzene rings is 2. The van der Waals surface area contributed by atoms with Gasteiger partial charge in [-0.25, -0.2) is 0 Å². The summed E-state index contributed by atoms with van der Waals surface area (Å²) >= 11 is 0. The maximum Gasteiger partial charge on any atom is 0.253 e. The molecule has 0 aliphatic heterocycles. The molecule has 1 amide bonds. The Balaban J connectivity index is 1.76. The highest BCUT2D eigenvalue weighted by atomic mass is 16.3. The van der Waals surface area contributed by atoms with Gasteiger partial charge in [-0.3, -0.25) is 4.79 Å². The summed E-state index contributed by atoms with van der Waals surface area (Å²) < 4.78 is 0. The molecule has 0 saturated heterocycles. The lowest BCUT2D eigenvalue weighted by Gasteiger charge is -2.20. The van der Waals surface area contributed by atoms with Crippen LogP contribution in [-0.2, 0) is 0 Å². The second-order valence-electron chi connectivity index (χ2n) is 6.35. The van der Waals surface area contributed by atoms with Crippen molar-refractivity contribution >= 4 is 28.2 Å². The predicted molar refractivity (Wildman–Crippen MR) is 107 cm³/mol. The van der Waals surface area contributed by atoms with Gasteiger partial charge in [-0.05, 0) is 43.7 Å². The van der Waals surface area contributed by atoms with Gasteiger partial charge in [-0.1, -0.05) is 31.5 Å². The third-order valence-electron chi connectivity index (χ3n) is 4.49. The first kappa shape index (κ1) is 18.6. The van der Waals surface area contributed by atoms with Crippen LogP contribution in [0, 0.1) is 0 Å². The number of H-pyrrole nitrogens is 1. The van der Waals surface area contributed by atoms with Crippen LogP contribution in [0.2, 0.25) is 0 Å². The number of aromatic nitrogens is 1. The summed E-state index contributed by atoms with van der Waals surface area (Å²) in [6.07, 6.45) is 2.06. The number of carbonyl (C=O) groups excluding carboxylic acids is 1. The molecule has 1 heterocycles. The number of aromatic amines is 1. The zero-order chi connectivity index (χ0) is 19.2. The Morgan fingerprint density at radius 2 is 1.81 bits per heavy atom. The Kier molecular flexibility index (Phi) is 5.86. The molecule has 0 atom stereocenters. The second kappa shape index (κ2) is 8.49. The minimum absolute atomic E-state index is 0.0127.